The first-order valence-electron chi connectivity index (χ1n) is 4.89. The number of amides is 1. The molecule has 1 amide bonds. The molecule has 1 aliphatic rings. The minimum absolute atomic E-state index is 0.674. The van der Waals surface area contributed by atoms with Crippen LogP contribution >= 0.6 is 0 Å². The maximum atomic E-state index is 10.5. The third kappa shape index (κ3) is 0.982. The van der Waals surface area contributed by atoms with Crippen LogP contribution in [0.4, 0.5) is 5.69 Å². The van der Waals surface area contributed by atoms with Gasteiger partial charge < -0.3 is 5.32 Å². The summed E-state index contributed by atoms with van der Waals surface area (Å²) in [6, 6.07) is 5.74. The van der Waals surface area contributed by atoms with Crippen LogP contribution in [-0.2, 0) is 4.79 Å². The second-order valence-corrected chi connectivity index (χ2v) is 3.63. The molecule has 2 aromatic rings. The minimum Gasteiger partial charge on any atom is -0.328 e. The largest absolute Gasteiger partial charge is 0.328 e. The fourth-order valence-electron chi connectivity index (χ4n) is 2.12. The number of hydrogen-bond acceptors (Lipinski definition) is 2. The van der Waals surface area contributed by atoms with Gasteiger partial charge in [0.2, 0.25) is 6.41 Å². The van der Waals surface area contributed by atoms with Crippen molar-refractivity contribution in [3.05, 3.63) is 42.1 Å². The van der Waals surface area contributed by atoms with Crippen LogP contribution in [0.2, 0.25) is 0 Å². The van der Waals surface area contributed by atoms with E-state index in [9.17, 15) is 4.79 Å². The third-order valence-corrected chi connectivity index (χ3v) is 2.81. The lowest BCUT2D eigenvalue weighted by Crippen LogP contribution is -1.97. The Balaban J connectivity index is 2.29. The molecule has 4 nitrogen and oxygen atoms in total. The van der Waals surface area contributed by atoms with E-state index in [4.69, 9.17) is 0 Å². The van der Waals surface area contributed by atoms with Crippen LogP contribution in [-0.4, -0.2) is 16.6 Å². The lowest BCUT2D eigenvalue weighted by Gasteiger charge is -2.07. The highest BCUT2D eigenvalue weighted by Gasteiger charge is 2.25. The summed E-state index contributed by atoms with van der Waals surface area (Å²) in [5.74, 6) is 0. The fourth-order valence-corrected chi connectivity index (χ4v) is 2.12. The van der Waals surface area contributed by atoms with Crippen molar-refractivity contribution < 1.29 is 4.79 Å². The van der Waals surface area contributed by atoms with Gasteiger partial charge in [0.25, 0.3) is 0 Å². The van der Waals surface area contributed by atoms with Gasteiger partial charge in [-0.05, 0) is 11.6 Å². The van der Waals surface area contributed by atoms with Crippen LogP contribution in [0.5, 0.6) is 0 Å². The highest BCUT2D eigenvalue weighted by molar-refractivity contribution is 6.04. The number of anilines is 1. The van der Waals surface area contributed by atoms with Gasteiger partial charge in [0, 0.05) is 22.4 Å². The molecule has 0 aliphatic heterocycles. The fraction of sp³-hybridized carbons (Fsp3) is 0. The van der Waals surface area contributed by atoms with Crippen molar-refractivity contribution in [3.8, 4) is 11.3 Å². The maximum absolute atomic E-state index is 10.5. The van der Waals surface area contributed by atoms with Crippen LogP contribution in [0.1, 0.15) is 11.1 Å². The standard InChI is InChI=1S/C12H9N3O/c1-7-9-5-14-15-12(9)8-3-2-4-10(11(7)8)13-6-16/h2-6H,1H2,(H,13,16)(H,14,15). The molecule has 0 unspecified atom stereocenters. The Morgan fingerprint density at radius 3 is 3.06 bits per heavy atom. The number of aromatic nitrogens is 2. The number of rotatable bonds is 2. The SMILES string of the molecule is C=C1c2cn[nH]c2-c2cccc(NC=O)c21. The third-order valence-electron chi connectivity index (χ3n) is 2.81. The summed E-state index contributed by atoms with van der Waals surface area (Å²) in [6.07, 6.45) is 2.43. The topological polar surface area (TPSA) is 57.8 Å². The van der Waals surface area contributed by atoms with E-state index >= 15 is 0 Å². The van der Waals surface area contributed by atoms with Gasteiger partial charge in [-0.15, -0.1) is 0 Å². The second kappa shape index (κ2) is 3.06. The molecule has 0 spiro atoms. The molecule has 0 fully saturated rings. The molecular weight excluding hydrogens is 202 g/mol. The molecule has 4 heteroatoms. The first kappa shape index (κ1) is 8.91. The number of benzene rings is 1. The molecule has 0 atom stereocenters. The zero-order chi connectivity index (χ0) is 11.1. The monoisotopic (exact) mass is 211 g/mol. The van der Waals surface area contributed by atoms with E-state index in [1.54, 1.807) is 6.20 Å². The smallest absolute Gasteiger partial charge is 0.211 e. The maximum Gasteiger partial charge on any atom is 0.211 e. The van der Waals surface area contributed by atoms with E-state index in [2.05, 4.69) is 22.1 Å². The zero-order valence-corrected chi connectivity index (χ0v) is 8.45. The van der Waals surface area contributed by atoms with Crippen LogP contribution in [0.15, 0.2) is 31.0 Å². The summed E-state index contributed by atoms with van der Waals surface area (Å²) >= 11 is 0. The van der Waals surface area contributed by atoms with Gasteiger partial charge in [-0.2, -0.15) is 5.10 Å². The van der Waals surface area contributed by atoms with E-state index in [-0.39, 0.29) is 0 Å². The lowest BCUT2D eigenvalue weighted by molar-refractivity contribution is -0.105. The van der Waals surface area contributed by atoms with E-state index in [1.165, 1.54) is 0 Å². The number of carbonyl (C=O) groups excluding carboxylic acids is 1. The van der Waals surface area contributed by atoms with Crippen molar-refractivity contribution in [1.29, 1.82) is 0 Å². The summed E-state index contributed by atoms with van der Waals surface area (Å²) in [5, 5.41) is 9.63. The highest BCUT2D eigenvalue weighted by atomic mass is 16.1. The molecule has 3 rings (SSSR count). The van der Waals surface area contributed by atoms with Crippen LogP contribution < -0.4 is 5.32 Å². The van der Waals surface area contributed by atoms with Crippen molar-refractivity contribution in [2.75, 3.05) is 5.32 Å². The Bertz CT molecular complexity index is 598. The summed E-state index contributed by atoms with van der Waals surface area (Å²) in [7, 11) is 0. The van der Waals surface area contributed by atoms with Gasteiger partial charge in [0.15, 0.2) is 0 Å². The molecule has 16 heavy (non-hydrogen) atoms. The van der Waals surface area contributed by atoms with Gasteiger partial charge in [-0.3, -0.25) is 9.89 Å². The number of H-pyrrole nitrogens is 1. The predicted octanol–water partition coefficient (Wildman–Crippen LogP) is 2.02. The van der Waals surface area contributed by atoms with Crippen molar-refractivity contribution in [3.63, 3.8) is 0 Å². The lowest BCUT2D eigenvalue weighted by atomic mass is 10.0. The molecule has 78 valence electrons. The molecule has 0 radical (unpaired) electrons. The molecule has 1 aromatic carbocycles. The average molecular weight is 211 g/mol. The normalized spacial score (nSPS) is 12.1. The number of fused-ring (bicyclic) bond motifs is 3. The summed E-state index contributed by atoms with van der Waals surface area (Å²) in [4.78, 5) is 10.5. The number of hydrogen-bond donors (Lipinski definition) is 2. The average Bonchev–Trinajstić information content (AvgIpc) is 2.84. The van der Waals surface area contributed by atoms with E-state index in [1.807, 2.05) is 18.2 Å². The number of carbonyl (C=O) groups is 1. The zero-order valence-electron chi connectivity index (χ0n) is 8.45. The van der Waals surface area contributed by atoms with Crippen LogP contribution in [0.25, 0.3) is 16.8 Å². The van der Waals surface area contributed by atoms with Gasteiger partial charge in [-0.1, -0.05) is 18.7 Å². The van der Waals surface area contributed by atoms with E-state index in [0.29, 0.717) is 6.41 Å². The van der Waals surface area contributed by atoms with E-state index in [0.717, 1.165) is 33.6 Å². The highest BCUT2D eigenvalue weighted by Crippen LogP contribution is 2.45. The second-order valence-electron chi connectivity index (χ2n) is 3.63. The molecule has 2 N–H and O–H groups in total. The molecule has 1 aromatic heterocycles. The van der Waals surface area contributed by atoms with Gasteiger partial charge >= 0.3 is 0 Å². The van der Waals surface area contributed by atoms with Crippen molar-refractivity contribution in [2.45, 2.75) is 0 Å². The van der Waals surface area contributed by atoms with E-state index < -0.39 is 0 Å². The molecule has 1 heterocycles. The van der Waals surface area contributed by atoms with Crippen LogP contribution in [0.3, 0.4) is 0 Å². The van der Waals surface area contributed by atoms with Gasteiger partial charge in [-0.25, -0.2) is 0 Å². The first-order valence-corrected chi connectivity index (χ1v) is 4.89. The number of aromatic amines is 1. The Kier molecular flexibility index (Phi) is 1.71. The molecular formula is C12H9N3O. The van der Waals surface area contributed by atoms with Crippen molar-refractivity contribution in [2.24, 2.45) is 0 Å². The molecule has 0 saturated heterocycles. The Labute approximate surface area is 92.0 Å². The Hall–Kier alpha value is -2.36. The molecule has 1 aliphatic carbocycles. The van der Waals surface area contributed by atoms with Crippen molar-refractivity contribution in [1.82, 2.24) is 10.2 Å². The molecule has 0 saturated carbocycles. The van der Waals surface area contributed by atoms with Crippen LogP contribution in [0, 0.1) is 0 Å². The Morgan fingerprint density at radius 1 is 1.38 bits per heavy atom. The summed E-state index contributed by atoms with van der Waals surface area (Å²) in [6.45, 7) is 4.04. The van der Waals surface area contributed by atoms with Crippen molar-refractivity contribution >= 4 is 17.7 Å². The summed E-state index contributed by atoms with van der Waals surface area (Å²) < 4.78 is 0. The van der Waals surface area contributed by atoms with Gasteiger partial charge in [0.1, 0.15) is 0 Å². The molecule has 0 bridgehead atoms. The predicted molar refractivity (Wildman–Crippen MR) is 61.8 cm³/mol. The first-order chi connectivity index (χ1) is 7.83. The van der Waals surface area contributed by atoms with Gasteiger partial charge in [0.05, 0.1) is 11.9 Å². The Morgan fingerprint density at radius 2 is 2.25 bits per heavy atom. The number of nitrogens with one attached hydrogen (secondary N) is 2. The quantitative estimate of drug-likeness (QED) is 0.637. The minimum atomic E-state index is 0.674. The summed E-state index contributed by atoms with van der Waals surface area (Å²) in [5.41, 5.74) is 5.64. The number of nitrogens with zero attached hydrogens (tertiary/aromatic N) is 1.